The number of hydrogen-bond acceptors (Lipinski definition) is 7. The van der Waals surface area contributed by atoms with Crippen molar-refractivity contribution in [3.05, 3.63) is 92.3 Å². The van der Waals surface area contributed by atoms with Crippen molar-refractivity contribution in [1.29, 1.82) is 0 Å². The number of piperidine rings is 1. The van der Waals surface area contributed by atoms with E-state index in [1.807, 2.05) is 52.6 Å². The number of rotatable bonds is 8. The molecule has 3 aliphatic rings. The largest absolute Gasteiger partial charge is 0.503 e. The second kappa shape index (κ2) is 11.6. The van der Waals surface area contributed by atoms with Gasteiger partial charge in [0, 0.05) is 102 Å². The number of ether oxygens (including phenoxy) is 1. The molecule has 9 heteroatoms. The molecule has 0 aliphatic carbocycles. The minimum atomic E-state index is -0.311. The Hall–Kier alpha value is -3.40. The quantitative estimate of drug-likeness (QED) is 0.464. The number of nitrogens with zero attached hydrogens (tertiary/aromatic N) is 5. The Labute approximate surface area is 234 Å². The van der Waals surface area contributed by atoms with Crippen molar-refractivity contribution < 1.29 is 9.84 Å². The first-order chi connectivity index (χ1) is 19.4. The molecule has 3 aliphatic heterocycles. The van der Waals surface area contributed by atoms with Crippen LogP contribution in [0.1, 0.15) is 29.4 Å². The molecule has 2 fully saturated rings. The summed E-state index contributed by atoms with van der Waals surface area (Å²) in [6.07, 6.45) is 1.10. The molecule has 2 saturated heterocycles. The highest BCUT2D eigenvalue weighted by molar-refractivity contribution is 5.30. The number of para-hydroxylation sites is 1. The fraction of sp³-hybridized carbons (Fsp3) is 0.484. The first-order valence-corrected chi connectivity index (χ1v) is 14.4. The van der Waals surface area contributed by atoms with Crippen LogP contribution in [0.25, 0.3) is 0 Å². The van der Waals surface area contributed by atoms with Crippen LogP contribution in [0.2, 0.25) is 0 Å². The fourth-order valence-corrected chi connectivity index (χ4v) is 6.67. The van der Waals surface area contributed by atoms with E-state index in [9.17, 15) is 14.7 Å². The van der Waals surface area contributed by atoms with Gasteiger partial charge in [-0.1, -0.05) is 24.3 Å². The van der Waals surface area contributed by atoms with Crippen LogP contribution in [0.15, 0.2) is 64.2 Å². The van der Waals surface area contributed by atoms with E-state index in [0.29, 0.717) is 37.2 Å². The minimum Gasteiger partial charge on any atom is -0.503 e. The van der Waals surface area contributed by atoms with E-state index in [1.165, 1.54) is 0 Å². The molecule has 2 bridgehead atoms. The lowest BCUT2D eigenvalue weighted by Crippen LogP contribution is -2.47. The standard InChI is InChI=1S/C31H39N5O4/c1-32-25(21-35-18-23-16-24(20-35)27-8-5-9-30(38)36(27)19-23)17-29(37)31(39)28(32)22-34-12-10-33(11-13-34)14-15-40-26-6-3-2-4-7-26/h2-9,17,23-24,39H,10-16,18-22H2,1H3/t23-,24-/m0/s1. The Kier molecular flexibility index (Phi) is 7.78. The predicted octanol–water partition coefficient (Wildman–Crippen LogP) is 2.07. The minimum absolute atomic E-state index is 0.0903. The van der Waals surface area contributed by atoms with Crippen molar-refractivity contribution in [1.82, 2.24) is 23.8 Å². The molecular formula is C31H39N5O4. The number of likely N-dealkylation sites (tertiary alicyclic amines) is 1. The molecule has 9 nitrogen and oxygen atoms in total. The third-order valence-corrected chi connectivity index (χ3v) is 8.84. The summed E-state index contributed by atoms with van der Waals surface area (Å²) in [7, 11) is 1.96. The van der Waals surface area contributed by atoms with E-state index in [-0.39, 0.29) is 16.7 Å². The van der Waals surface area contributed by atoms with Crippen LogP contribution in [0, 0.1) is 5.92 Å². The van der Waals surface area contributed by atoms with Crippen LogP contribution in [0.3, 0.4) is 0 Å². The average Bonchev–Trinajstić information content (AvgIpc) is 2.96. The second-order valence-corrected chi connectivity index (χ2v) is 11.5. The molecule has 1 N–H and O–H groups in total. The van der Waals surface area contributed by atoms with Gasteiger partial charge in [0.2, 0.25) is 5.43 Å². The number of piperazine rings is 1. The summed E-state index contributed by atoms with van der Waals surface area (Å²) < 4.78 is 9.81. The SMILES string of the molecule is Cn1c(CN2C[C@@H]3C[C@@H](C2)c2cccc(=O)n2C3)cc(=O)c(O)c1CN1CCN(CCOc2ccccc2)CC1. The van der Waals surface area contributed by atoms with Gasteiger partial charge >= 0.3 is 0 Å². The molecule has 212 valence electrons. The van der Waals surface area contributed by atoms with Gasteiger partial charge in [-0.15, -0.1) is 0 Å². The van der Waals surface area contributed by atoms with Crippen LogP contribution in [0.4, 0.5) is 0 Å². The van der Waals surface area contributed by atoms with Gasteiger partial charge in [-0.05, 0) is 30.5 Å². The number of fused-ring (bicyclic) bond motifs is 4. The molecule has 40 heavy (non-hydrogen) atoms. The molecule has 0 spiro atoms. The maximum atomic E-state index is 12.8. The van der Waals surface area contributed by atoms with E-state index < -0.39 is 0 Å². The van der Waals surface area contributed by atoms with E-state index in [1.54, 1.807) is 12.1 Å². The summed E-state index contributed by atoms with van der Waals surface area (Å²) in [6, 6.07) is 17.1. The highest BCUT2D eigenvalue weighted by atomic mass is 16.5. The maximum Gasteiger partial charge on any atom is 0.250 e. The van der Waals surface area contributed by atoms with Crippen LogP contribution < -0.4 is 15.7 Å². The smallest absolute Gasteiger partial charge is 0.250 e. The van der Waals surface area contributed by atoms with Gasteiger partial charge in [0.05, 0.1) is 5.69 Å². The van der Waals surface area contributed by atoms with Crippen molar-refractivity contribution in [2.45, 2.75) is 32.0 Å². The first-order valence-electron chi connectivity index (χ1n) is 14.4. The summed E-state index contributed by atoms with van der Waals surface area (Å²) in [4.78, 5) is 32.3. The number of aromatic hydroxyl groups is 1. The topological polar surface area (TPSA) is 83.2 Å². The second-order valence-electron chi connectivity index (χ2n) is 11.5. The van der Waals surface area contributed by atoms with Crippen molar-refractivity contribution in [3.63, 3.8) is 0 Å². The lowest BCUT2D eigenvalue weighted by Gasteiger charge is -2.43. The zero-order chi connectivity index (χ0) is 27.6. The van der Waals surface area contributed by atoms with Gasteiger partial charge < -0.3 is 19.0 Å². The highest BCUT2D eigenvalue weighted by Gasteiger charge is 2.34. The number of hydrogen-bond donors (Lipinski definition) is 1. The van der Waals surface area contributed by atoms with Crippen LogP contribution in [-0.4, -0.2) is 81.4 Å². The molecule has 0 unspecified atom stereocenters. The molecule has 3 aromatic rings. The van der Waals surface area contributed by atoms with Crippen LogP contribution in [-0.2, 0) is 26.7 Å². The van der Waals surface area contributed by atoms with Gasteiger partial charge in [-0.2, -0.15) is 0 Å². The highest BCUT2D eigenvalue weighted by Crippen LogP contribution is 2.35. The fourth-order valence-electron chi connectivity index (χ4n) is 6.67. The van der Waals surface area contributed by atoms with Gasteiger partial charge in [0.1, 0.15) is 12.4 Å². The molecule has 2 atom stereocenters. The average molecular weight is 546 g/mol. The Morgan fingerprint density at radius 1 is 0.875 bits per heavy atom. The predicted molar refractivity (Wildman–Crippen MR) is 154 cm³/mol. The Balaban J connectivity index is 1.07. The van der Waals surface area contributed by atoms with E-state index >= 15 is 0 Å². The Bertz CT molecular complexity index is 1440. The normalized spacial score (nSPS) is 21.7. The van der Waals surface area contributed by atoms with Crippen LogP contribution >= 0.6 is 0 Å². The summed E-state index contributed by atoms with van der Waals surface area (Å²) in [5, 5.41) is 10.7. The van der Waals surface area contributed by atoms with Crippen molar-refractivity contribution in [2.75, 3.05) is 52.4 Å². The van der Waals surface area contributed by atoms with Gasteiger partial charge in [-0.25, -0.2) is 0 Å². The molecule has 2 aromatic heterocycles. The molecular weight excluding hydrogens is 506 g/mol. The summed E-state index contributed by atoms with van der Waals surface area (Å²) >= 11 is 0. The molecule has 6 rings (SSSR count). The summed E-state index contributed by atoms with van der Waals surface area (Å²) in [5.74, 6) is 1.50. The molecule has 0 radical (unpaired) electrons. The molecule has 5 heterocycles. The summed E-state index contributed by atoms with van der Waals surface area (Å²) in [6.45, 7) is 8.83. The third-order valence-electron chi connectivity index (χ3n) is 8.84. The summed E-state index contributed by atoms with van der Waals surface area (Å²) in [5.41, 5.74) is 2.50. The van der Waals surface area contributed by atoms with Gasteiger partial charge in [0.15, 0.2) is 5.75 Å². The van der Waals surface area contributed by atoms with Crippen molar-refractivity contribution >= 4 is 0 Å². The number of benzene rings is 1. The molecule has 1 aromatic carbocycles. The van der Waals surface area contributed by atoms with Gasteiger partial charge in [0.25, 0.3) is 5.56 Å². The third kappa shape index (κ3) is 5.73. The van der Waals surface area contributed by atoms with Crippen molar-refractivity contribution in [3.8, 4) is 11.5 Å². The zero-order valence-corrected chi connectivity index (χ0v) is 23.2. The van der Waals surface area contributed by atoms with E-state index in [2.05, 4.69) is 20.8 Å². The number of pyridine rings is 2. The van der Waals surface area contributed by atoms with E-state index in [0.717, 1.165) is 75.9 Å². The lowest BCUT2D eigenvalue weighted by atomic mass is 9.83. The number of aromatic nitrogens is 2. The van der Waals surface area contributed by atoms with Crippen LogP contribution in [0.5, 0.6) is 11.5 Å². The van der Waals surface area contributed by atoms with Crippen molar-refractivity contribution in [2.24, 2.45) is 13.0 Å². The van der Waals surface area contributed by atoms with Gasteiger partial charge in [-0.3, -0.25) is 24.3 Å². The Morgan fingerprint density at radius 2 is 1.65 bits per heavy atom. The molecule has 0 amide bonds. The lowest BCUT2D eigenvalue weighted by molar-refractivity contribution is 0.107. The first kappa shape index (κ1) is 26.8. The zero-order valence-electron chi connectivity index (χ0n) is 23.2. The molecule has 0 saturated carbocycles. The monoisotopic (exact) mass is 545 g/mol. The van der Waals surface area contributed by atoms with E-state index in [4.69, 9.17) is 4.74 Å². The maximum absolute atomic E-state index is 12.8. The Morgan fingerprint density at radius 3 is 2.45 bits per heavy atom.